The van der Waals surface area contributed by atoms with E-state index in [0.29, 0.717) is 12.1 Å². The Morgan fingerprint density at radius 2 is 1.52 bits per heavy atom. The minimum absolute atomic E-state index is 0.00941. The summed E-state index contributed by atoms with van der Waals surface area (Å²) in [6.45, 7) is 4.97. The van der Waals surface area contributed by atoms with Gasteiger partial charge in [-0.1, -0.05) is 44.5 Å². The topological polar surface area (TPSA) is 125 Å². The smallest absolute Gasteiger partial charge is 0.261 e. The fraction of sp³-hybridized carbons (Fsp3) is 0.300. The quantitative estimate of drug-likeness (QED) is 0.387. The van der Waals surface area contributed by atoms with Gasteiger partial charge in [-0.05, 0) is 41.3 Å². The summed E-state index contributed by atoms with van der Waals surface area (Å²) in [7, 11) is -3.96. The monoisotopic (exact) mass is 419 g/mol. The van der Waals surface area contributed by atoms with E-state index in [1.54, 1.807) is 31.2 Å². The molecule has 8 nitrogen and oxygen atoms in total. The fourth-order valence-electron chi connectivity index (χ4n) is 2.74. The third-order valence-electron chi connectivity index (χ3n) is 4.59. The van der Waals surface area contributed by atoms with Crippen LogP contribution in [0.15, 0.2) is 53.4 Å². The molecule has 0 aliphatic heterocycles. The first-order chi connectivity index (χ1) is 13.7. The SMILES string of the molecule is CC[C@H](C)[C@H](NS(=O)(=O)c1ccc(-c2ccc(NC(C)=O)cc2)cc1)C(=O)NO. The summed E-state index contributed by atoms with van der Waals surface area (Å²) in [5.41, 5.74) is 3.83. The van der Waals surface area contributed by atoms with E-state index >= 15 is 0 Å². The number of sulfonamides is 1. The van der Waals surface area contributed by atoms with Crippen LogP contribution in [-0.4, -0.2) is 31.5 Å². The van der Waals surface area contributed by atoms with Gasteiger partial charge < -0.3 is 5.32 Å². The molecule has 0 saturated heterocycles. The van der Waals surface area contributed by atoms with Gasteiger partial charge in [0.25, 0.3) is 5.91 Å². The summed E-state index contributed by atoms with van der Waals surface area (Å²) in [5.74, 6) is -1.28. The second kappa shape index (κ2) is 9.64. The van der Waals surface area contributed by atoms with Crippen LogP contribution in [-0.2, 0) is 19.6 Å². The standard InChI is InChI=1S/C20H25N3O5S/c1-4-13(2)19(20(25)22-26)23-29(27,28)18-11-7-16(8-12-18)15-5-9-17(10-6-15)21-14(3)24/h5-13,19,23,26H,4H2,1-3H3,(H,21,24)(H,22,25)/t13-,19-/m0/s1. The number of carbonyl (C=O) groups excluding carboxylic acids is 2. The highest BCUT2D eigenvalue weighted by Crippen LogP contribution is 2.23. The van der Waals surface area contributed by atoms with Crippen molar-refractivity contribution in [1.82, 2.24) is 10.2 Å². The molecule has 156 valence electrons. The summed E-state index contributed by atoms with van der Waals surface area (Å²) in [5, 5.41) is 11.6. The van der Waals surface area contributed by atoms with Gasteiger partial charge in [0.1, 0.15) is 6.04 Å². The summed E-state index contributed by atoms with van der Waals surface area (Å²) in [6, 6.07) is 12.3. The molecule has 0 aliphatic rings. The molecule has 0 radical (unpaired) electrons. The molecule has 0 heterocycles. The molecule has 2 atom stereocenters. The van der Waals surface area contributed by atoms with E-state index in [-0.39, 0.29) is 16.7 Å². The minimum Gasteiger partial charge on any atom is -0.326 e. The van der Waals surface area contributed by atoms with Crippen LogP contribution < -0.4 is 15.5 Å². The Hall–Kier alpha value is -2.75. The fourth-order valence-corrected chi connectivity index (χ4v) is 4.05. The maximum Gasteiger partial charge on any atom is 0.261 e. The maximum absolute atomic E-state index is 12.7. The van der Waals surface area contributed by atoms with Crippen LogP contribution >= 0.6 is 0 Å². The van der Waals surface area contributed by atoms with Crippen molar-refractivity contribution in [3.05, 3.63) is 48.5 Å². The zero-order chi connectivity index (χ0) is 21.6. The molecule has 2 aromatic carbocycles. The molecule has 0 fully saturated rings. The Kier molecular flexibility index (Phi) is 7.49. The van der Waals surface area contributed by atoms with E-state index in [0.717, 1.165) is 11.1 Å². The number of nitrogens with one attached hydrogen (secondary N) is 3. The summed E-state index contributed by atoms with van der Waals surface area (Å²) in [6.07, 6.45) is 0.550. The predicted molar refractivity (Wildman–Crippen MR) is 110 cm³/mol. The van der Waals surface area contributed by atoms with E-state index in [4.69, 9.17) is 5.21 Å². The van der Waals surface area contributed by atoms with Gasteiger partial charge in [0.05, 0.1) is 4.90 Å². The van der Waals surface area contributed by atoms with Crippen molar-refractivity contribution in [3.8, 4) is 11.1 Å². The number of hydrogen-bond acceptors (Lipinski definition) is 5. The lowest BCUT2D eigenvalue weighted by molar-refractivity contribution is -0.132. The number of hydrogen-bond donors (Lipinski definition) is 4. The average molecular weight is 420 g/mol. The lowest BCUT2D eigenvalue weighted by Gasteiger charge is -2.22. The van der Waals surface area contributed by atoms with Gasteiger partial charge >= 0.3 is 0 Å². The Balaban J connectivity index is 2.21. The molecule has 0 bridgehead atoms. The first-order valence-electron chi connectivity index (χ1n) is 9.12. The Morgan fingerprint density at radius 3 is 1.97 bits per heavy atom. The molecule has 0 spiro atoms. The van der Waals surface area contributed by atoms with E-state index in [9.17, 15) is 18.0 Å². The predicted octanol–water partition coefficient (Wildman–Crippen LogP) is 2.51. The number of amides is 2. The second-order valence-electron chi connectivity index (χ2n) is 6.74. The first-order valence-corrected chi connectivity index (χ1v) is 10.6. The van der Waals surface area contributed by atoms with Gasteiger partial charge in [-0.2, -0.15) is 4.72 Å². The molecule has 2 aromatic rings. The van der Waals surface area contributed by atoms with E-state index in [2.05, 4.69) is 10.0 Å². The molecule has 0 saturated carbocycles. The highest BCUT2D eigenvalue weighted by molar-refractivity contribution is 7.89. The van der Waals surface area contributed by atoms with Gasteiger partial charge in [-0.25, -0.2) is 13.9 Å². The van der Waals surface area contributed by atoms with Crippen molar-refractivity contribution in [3.63, 3.8) is 0 Å². The number of rotatable bonds is 8. The third kappa shape index (κ3) is 5.86. The molecule has 0 aliphatic carbocycles. The van der Waals surface area contributed by atoms with Gasteiger partial charge in [0.15, 0.2) is 0 Å². The number of anilines is 1. The molecular formula is C20H25N3O5S. The van der Waals surface area contributed by atoms with Crippen molar-refractivity contribution >= 4 is 27.5 Å². The minimum atomic E-state index is -3.96. The van der Waals surface area contributed by atoms with Crippen molar-refractivity contribution in [2.24, 2.45) is 5.92 Å². The van der Waals surface area contributed by atoms with Crippen LogP contribution in [0.2, 0.25) is 0 Å². The van der Waals surface area contributed by atoms with E-state index in [1.807, 2.05) is 19.1 Å². The van der Waals surface area contributed by atoms with Crippen LogP contribution in [0.3, 0.4) is 0 Å². The highest BCUT2D eigenvalue weighted by atomic mass is 32.2. The Morgan fingerprint density at radius 1 is 1.00 bits per heavy atom. The molecule has 0 aromatic heterocycles. The van der Waals surface area contributed by atoms with Crippen molar-refractivity contribution in [2.45, 2.75) is 38.1 Å². The Bertz CT molecular complexity index is 957. The van der Waals surface area contributed by atoms with E-state index in [1.165, 1.54) is 24.5 Å². The lowest BCUT2D eigenvalue weighted by atomic mass is 10.00. The number of benzene rings is 2. The Labute approximate surface area is 170 Å². The molecule has 2 rings (SSSR count). The van der Waals surface area contributed by atoms with E-state index < -0.39 is 22.0 Å². The molecule has 29 heavy (non-hydrogen) atoms. The molecule has 0 unspecified atom stereocenters. The largest absolute Gasteiger partial charge is 0.326 e. The normalized spacial score (nSPS) is 13.4. The molecule has 4 N–H and O–H groups in total. The molecule has 2 amide bonds. The average Bonchev–Trinajstić information content (AvgIpc) is 2.71. The summed E-state index contributed by atoms with van der Waals surface area (Å²) >= 11 is 0. The highest BCUT2D eigenvalue weighted by Gasteiger charge is 2.29. The van der Waals surface area contributed by atoms with Gasteiger partial charge in [-0.3, -0.25) is 14.8 Å². The van der Waals surface area contributed by atoms with Crippen molar-refractivity contribution < 1.29 is 23.2 Å². The first kappa shape index (κ1) is 22.5. The maximum atomic E-state index is 12.7. The van der Waals surface area contributed by atoms with Gasteiger partial charge in [0, 0.05) is 12.6 Å². The van der Waals surface area contributed by atoms with Crippen LogP contribution in [0.25, 0.3) is 11.1 Å². The zero-order valence-corrected chi connectivity index (χ0v) is 17.3. The summed E-state index contributed by atoms with van der Waals surface area (Å²) in [4.78, 5) is 22.9. The number of carbonyl (C=O) groups is 2. The van der Waals surface area contributed by atoms with Crippen LogP contribution in [0.1, 0.15) is 27.2 Å². The molecular weight excluding hydrogens is 394 g/mol. The third-order valence-corrected chi connectivity index (χ3v) is 6.05. The van der Waals surface area contributed by atoms with Crippen molar-refractivity contribution in [2.75, 3.05) is 5.32 Å². The van der Waals surface area contributed by atoms with Gasteiger partial charge in [0.2, 0.25) is 15.9 Å². The van der Waals surface area contributed by atoms with Crippen LogP contribution in [0.4, 0.5) is 5.69 Å². The van der Waals surface area contributed by atoms with Gasteiger partial charge in [-0.15, -0.1) is 0 Å². The zero-order valence-electron chi connectivity index (χ0n) is 16.5. The second-order valence-corrected chi connectivity index (χ2v) is 8.46. The lowest BCUT2D eigenvalue weighted by Crippen LogP contribution is -2.49. The van der Waals surface area contributed by atoms with Crippen LogP contribution in [0, 0.1) is 5.92 Å². The number of hydroxylamine groups is 1. The van der Waals surface area contributed by atoms with Crippen LogP contribution in [0.5, 0.6) is 0 Å². The summed E-state index contributed by atoms with van der Waals surface area (Å²) < 4.78 is 27.7. The van der Waals surface area contributed by atoms with Crippen molar-refractivity contribution in [1.29, 1.82) is 0 Å². The molecule has 9 heteroatoms.